The van der Waals surface area contributed by atoms with Gasteiger partial charge in [0.1, 0.15) is 12.6 Å². The lowest BCUT2D eigenvalue weighted by molar-refractivity contribution is -0.140. The summed E-state index contributed by atoms with van der Waals surface area (Å²) in [5, 5.41) is 4.55. The fourth-order valence-electron chi connectivity index (χ4n) is 4.86. The van der Waals surface area contributed by atoms with Crippen LogP contribution in [0.5, 0.6) is 0 Å². The Balaban J connectivity index is 1.49. The molecule has 4 aromatic rings. The van der Waals surface area contributed by atoms with Gasteiger partial charge >= 0.3 is 0 Å². The maximum absolute atomic E-state index is 13.9. The van der Waals surface area contributed by atoms with Crippen LogP contribution in [-0.4, -0.2) is 42.3 Å². The van der Waals surface area contributed by atoms with Crippen molar-refractivity contribution in [2.45, 2.75) is 19.0 Å². The first kappa shape index (κ1) is 23.3. The first-order chi connectivity index (χ1) is 17.6. The van der Waals surface area contributed by atoms with E-state index in [4.69, 9.17) is 0 Å². The summed E-state index contributed by atoms with van der Waals surface area (Å²) in [6, 6.07) is 29.8. The van der Waals surface area contributed by atoms with E-state index >= 15 is 0 Å². The Hall–Kier alpha value is -4.45. The van der Waals surface area contributed by atoms with Crippen molar-refractivity contribution in [3.63, 3.8) is 0 Å². The summed E-state index contributed by atoms with van der Waals surface area (Å²) in [7, 11) is 1.58. The second-order valence-corrected chi connectivity index (χ2v) is 8.90. The molecule has 0 unspecified atom stereocenters. The Kier molecular flexibility index (Phi) is 6.50. The van der Waals surface area contributed by atoms with Gasteiger partial charge in [-0.3, -0.25) is 19.3 Å². The van der Waals surface area contributed by atoms with Crippen molar-refractivity contribution in [3.05, 3.63) is 114 Å². The molecular formula is C30H27N3O3. The third-order valence-corrected chi connectivity index (χ3v) is 6.66. The SMILES string of the molecule is CNC(=O)[C@H](Cc1ccccc1)N(Cc1ccccc1)C(=O)CN1C(=O)c2cccc3cccc1c23. The van der Waals surface area contributed by atoms with E-state index in [1.54, 1.807) is 18.0 Å². The molecule has 1 aliphatic heterocycles. The maximum atomic E-state index is 13.9. The Morgan fingerprint density at radius 1 is 0.833 bits per heavy atom. The monoisotopic (exact) mass is 477 g/mol. The number of likely N-dealkylation sites (N-methyl/N-ethyl adjacent to an activating group) is 1. The molecule has 1 aliphatic rings. The molecule has 0 radical (unpaired) electrons. The Morgan fingerprint density at radius 3 is 2.14 bits per heavy atom. The van der Waals surface area contributed by atoms with Crippen LogP contribution in [0.2, 0.25) is 0 Å². The van der Waals surface area contributed by atoms with Crippen molar-refractivity contribution < 1.29 is 14.4 Å². The lowest BCUT2D eigenvalue weighted by atomic mass is 10.0. The zero-order chi connectivity index (χ0) is 25.1. The number of amides is 3. The van der Waals surface area contributed by atoms with E-state index in [1.807, 2.05) is 91.0 Å². The topological polar surface area (TPSA) is 69.7 Å². The largest absolute Gasteiger partial charge is 0.357 e. The summed E-state index contributed by atoms with van der Waals surface area (Å²) in [4.78, 5) is 43.5. The average Bonchev–Trinajstić information content (AvgIpc) is 3.19. The van der Waals surface area contributed by atoms with E-state index in [-0.39, 0.29) is 30.8 Å². The Bertz CT molecular complexity index is 1410. The van der Waals surface area contributed by atoms with Gasteiger partial charge in [0.15, 0.2) is 0 Å². The van der Waals surface area contributed by atoms with Gasteiger partial charge in [-0.15, -0.1) is 0 Å². The van der Waals surface area contributed by atoms with Crippen LogP contribution in [0.25, 0.3) is 10.8 Å². The summed E-state index contributed by atoms with van der Waals surface area (Å²) < 4.78 is 0. The normalized spacial score (nSPS) is 13.0. The lowest BCUT2D eigenvalue weighted by Crippen LogP contribution is -2.52. The first-order valence-corrected chi connectivity index (χ1v) is 12.0. The standard InChI is InChI=1S/C30H27N3O3/c1-31-29(35)26(18-21-10-4-2-5-11-21)32(19-22-12-6-3-7-13-22)27(34)20-33-25-17-9-15-23-14-8-16-24(28(23)25)30(33)36/h2-17,26H,18-20H2,1H3,(H,31,35)/t26-/m0/s1. The van der Waals surface area contributed by atoms with E-state index in [2.05, 4.69) is 5.32 Å². The second-order valence-electron chi connectivity index (χ2n) is 8.90. The van der Waals surface area contributed by atoms with Crippen molar-refractivity contribution in [2.75, 3.05) is 18.5 Å². The van der Waals surface area contributed by atoms with Gasteiger partial charge in [-0.1, -0.05) is 84.9 Å². The summed E-state index contributed by atoms with van der Waals surface area (Å²) in [6.45, 7) is 0.103. The van der Waals surface area contributed by atoms with Crippen molar-refractivity contribution >= 4 is 34.2 Å². The van der Waals surface area contributed by atoms with Crippen LogP contribution in [-0.2, 0) is 22.6 Å². The smallest absolute Gasteiger partial charge is 0.259 e. The average molecular weight is 478 g/mol. The van der Waals surface area contributed by atoms with Gasteiger partial charge in [0.05, 0.1) is 5.69 Å². The number of benzene rings is 4. The molecule has 0 fully saturated rings. The van der Waals surface area contributed by atoms with Crippen molar-refractivity contribution in [1.82, 2.24) is 10.2 Å². The van der Waals surface area contributed by atoms with Gasteiger partial charge in [-0.05, 0) is 28.6 Å². The van der Waals surface area contributed by atoms with Crippen LogP contribution in [0, 0.1) is 0 Å². The van der Waals surface area contributed by atoms with Crippen LogP contribution in [0.15, 0.2) is 97.1 Å². The van der Waals surface area contributed by atoms with Gasteiger partial charge < -0.3 is 10.2 Å². The molecule has 5 rings (SSSR count). The van der Waals surface area contributed by atoms with E-state index < -0.39 is 6.04 Å². The summed E-state index contributed by atoms with van der Waals surface area (Å²) in [6.07, 6.45) is 0.364. The van der Waals surface area contributed by atoms with Crippen LogP contribution in [0.3, 0.4) is 0 Å². The third-order valence-electron chi connectivity index (χ3n) is 6.66. The van der Waals surface area contributed by atoms with Gasteiger partial charge in [-0.2, -0.15) is 0 Å². The van der Waals surface area contributed by atoms with Crippen LogP contribution >= 0.6 is 0 Å². The fourth-order valence-corrected chi connectivity index (χ4v) is 4.86. The first-order valence-electron chi connectivity index (χ1n) is 12.0. The van der Waals surface area contributed by atoms with Crippen LogP contribution in [0.4, 0.5) is 5.69 Å². The molecule has 0 aromatic heterocycles. The van der Waals surface area contributed by atoms with Gasteiger partial charge in [0.2, 0.25) is 11.8 Å². The minimum Gasteiger partial charge on any atom is -0.357 e. The lowest BCUT2D eigenvalue weighted by Gasteiger charge is -2.32. The molecule has 0 saturated heterocycles. The maximum Gasteiger partial charge on any atom is 0.259 e. The van der Waals surface area contributed by atoms with Gasteiger partial charge in [0, 0.05) is 31.0 Å². The molecule has 6 nitrogen and oxygen atoms in total. The van der Waals surface area contributed by atoms with Crippen LogP contribution in [0.1, 0.15) is 21.5 Å². The number of rotatable bonds is 8. The van der Waals surface area contributed by atoms with Crippen molar-refractivity contribution in [3.8, 4) is 0 Å². The summed E-state index contributed by atoms with van der Waals surface area (Å²) in [5.74, 6) is -0.739. The number of carbonyl (C=O) groups is 3. The number of anilines is 1. The van der Waals surface area contributed by atoms with E-state index in [9.17, 15) is 14.4 Å². The molecular weight excluding hydrogens is 450 g/mol. The third kappa shape index (κ3) is 4.45. The molecule has 1 N–H and O–H groups in total. The van der Waals surface area contributed by atoms with E-state index in [0.29, 0.717) is 12.0 Å². The highest BCUT2D eigenvalue weighted by molar-refractivity contribution is 6.26. The van der Waals surface area contributed by atoms with Gasteiger partial charge in [0.25, 0.3) is 5.91 Å². The molecule has 0 aliphatic carbocycles. The Labute approximate surface area is 210 Å². The molecule has 0 spiro atoms. The number of nitrogens with one attached hydrogen (secondary N) is 1. The van der Waals surface area contributed by atoms with E-state index in [1.165, 1.54) is 4.90 Å². The summed E-state index contributed by atoms with van der Waals surface area (Å²) in [5.41, 5.74) is 3.18. The molecule has 0 bridgehead atoms. The molecule has 4 aromatic carbocycles. The van der Waals surface area contributed by atoms with Crippen LogP contribution < -0.4 is 10.2 Å². The number of nitrogens with zero attached hydrogens (tertiary/aromatic N) is 2. The quantitative estimate of drug-likeness (QED) is 0.414. The number of carbonyl (C=O) groups excluding carboxylic acids is 3. The molecule has 180 valence electrons. The minimum absolute atomic E-state index is 0.151. The molecule has 6 heteroatoms. The fraction of sp³-hybridized carbons (Fsp3) is 0.167. The number of hydrogen-bond donors (Lipinski definition) is 1. The molecule has 0 saturated carbocycles. The van der Waals surface area contributed by atoms with Crippen molar-refractivity contribution in [2.24, 2.45) is 0 Å². The minimum atomic E-state index is -0.735. The molecule has 1 heterocycles. The molecule has 1 atom stereocenters. The highest BCUT2D eigenvalue weighted by Gasteiger charge is 2.35. The highest BCUT2D eigenvalue weighted by Crippen LogP contribution is 2.37. The van der Waals surface area contributed by atoms with E-state index in [0.717, 1.165) is 27.6 Å². The highest BCUT2D eigenvalue weighted by atomic mass is 16.2. The van der Waals surface area contributed by atoms with Crippen molar-refractivity contribution in [1.29, 1.82) is 0 Å². The zero-order valence-electron chi connectivity index (χ0n) is 20.1. The Morgan fingerprint density at radius 2 is 1.47 bits per heavy atom. The van der Waals surface area contributed by atoms with Gasteiger partial charge in [-0.25, -0.2) is 0 Å². The predicted molar refractivity (Wildman–Crippen MR) is 141 cm³/mol. The second kappa shape index (κ2) is 10.0. The summed E-state index contributed by atoms with van der Waals surface area (Å²) >= 11 is 0. The molecule has 36 heavy (non-hydrogen) atoms. The zero-order valence-corrected chi connectivity index (χ0v) is 20.1. The number of hydrogen-bond acceptors (Lipinski definition) is 3. The predicted octanol–water partition coefficient (Wildman–Crippen LogP) is 4.19. The molecule has 3 amide bonds.